The monoisotopic (exact) mass is 508 g/mol. The van der Waals surface area contributed by atoms with Gasteiger partial charge >= 0.3 is 0 Å². The van der Waals surface area contributed by atoms with Gasteiger partial charge in [0.2, 0.25) is 0 Å². The number of rotatable bonds is 7. The molecule has 1 saturated carbocycles. The largest absolute Gasteiger partial charge is 0.493 e. The summed E-state index contributed by atoms with van der Waals surface area (Å²) in [5.41, 5.74) is 7.33. The summed E-state index contributed by atoms with van der Waals surface area (Å²) < 4.78 is 28.7. The Morgan fingerprint density at radius 1 is 1.33 bits per heavy atom. The zero-order chi connectivity index (χ0) is 25.6. The number of H-pyrrole nitrogens is 1. The van der Waals surface area contributed by atoms with Crippen molar-refractivity contribution in [2.24, 2.45) is 12.8 Å². The number of halogens is 2. The second-order valence-corrected chi connectivity index (χ2v) is 8.82. The highest BCUT2D eigenvalue weighted by atomic mass is 35.5. The molecular weight excluding hydrogens is 487 g/mol. The average Bonchev–Trinajstić information content (AvgIpc) is 3.60. The molecule has 0 aliphatic heterocycles. The van der Waals surface area contributed by atoms with Crippen molar-refractivity contribution in [3.8, 4) is 40.0 Å². The van der Waals surface area contributed by atoms with Crippen molar-refractivity contribution < 1.29 is 13.9 Å². The Morgan fingerprint density at radius 3 is 2.78 bits per heavy atom. The summed E-state index contributed by atoms with van der Waals surface area (Å²) in [6, 6.07) is 6.83. The molecule has 0 atom stereocenters. The molecule has 0 radical (unpaired) electrons. The van der Waals surface area contributed by atoms with E-state index < -0.39 is 11.4 Å². The molecular formula is C25H22ClFN6O3. The molecule has 0 spiro atoms. The normalized spacial score (nSPS) is 13.1. The quantitative estimate of drug-likeness (QED) is 0.385. The minimum atomic E-state index is -0.757. The van der Waals surface area contributed by atoms with Crippen LogP contribution in [-0.2, 0) is 13.6 Å². The molecule has 0 unspecified atom stereocenters. The molecule has 0 bridgehead atoms. The SMILES string of the molecule is CCOc1cc(-c2cnn(C)c2-c2c(F)c(Cl)cc(OC3CC3)c2C#N)cc2c(CN)n[nH]c(=O)c12. The number of aromatic amines is 1. The zero-order valence-electron chi connectivity index (χ0n) is 19.6. The van der Waals surface area contributed by atoms with Crippen LogP contribution in [0.5, 0.6) is 11.5 Å². The van der Waals surface area contributed by atoms with E-state index in [1.165, 1.54) is 10.7 Å². The van der Waals surface area contributed by atoms with Gasteiger partial charge in [-0.15, -0.1) is 0 Å². The fourth-order valence-corrected chi connectivity index (χ4v) is 4.43. The van der Waals surface area contributed by atoms with E-state index in [1.807, 2.05) is 0 Å². The Balaban J connectivity index is 1.80. The van der Waals surface area contributed by atoms with E-state index in [2.05, 4.69) is 21.4 Å². The van der Waals surface area contributed by atoms with Crippen molar-refractivity contribution in [2.75, 3.05) is 6.61 Å². The van der Waals surface area contributed by atoms with Crippen molar-refractivity contribution in [2.45, 2.75) is 32.4 Å². The van der Waals surface area contributed by atoms with Crippen molar-refractivity contribution in [1.29, 1.82) is 5.26 Å². The summed E-state index contributed by atoms with van der Waals surface area (Å²) in [5.74, 6) is -0.209. The van der Waals surface area contributed by atoms with E-state index >= 15 is 4.39 Å². The first kappa shape index (κ1) is 23.8. The van der Waals surface area contributed by atoms with Crippen molar-refractivity contribution in [1.82, 2.24) is 20.0 Å². The van der Waals surface area contributed by atoms with Crippen LogP contribution in [0.25, 0.3) is 33.2 Å². The first-order valence-electron chi connectivity index (χ1n) is 11.4. The highest BCUT2D eigenvalue weighted by Gasteiger charge is 2.30. The maximum Gasteiger partial charge on any atom is 0.275 e. The van der Waals surface area contributed by atoms with Crippen LogP contribution in [0.1, 0.15) is 31.0 Å². The lowest BCUT2D eigenvalue weighted by atomic mass is 9.95. The van der Waals surface area contributed by atoms with Gasteiger partial charge in [0, 0.05) is 30.6 Å². The number of nitrogens with zero attached hydrogens (tertiary/aromatic N) is 4. The lowest BCUT2D eigenvalue weighted by Crippen LogP contribution is -2.14. The van der Waals surface area contributed by atoms with Crippen LogP contribution in [0.3, 0.4) is 0 Å². The van der Waals surface area contributed by atoms with Gasteiger partial charge in [0.05, 0.1) is 46.3 Å². The average molecular weight is 509 g/mol. The summed E-state index contributed by atoms with van der Waals surface area (Å²) in [7, 11) is 1.64. The van der Waals surface area contributed by atoms with Gasteiger partial charge < -0.3 is 15.2 Å². The maximum atomic E-state index is 15.6. The second kappa shape index (κ2) is 9.26. The predicted octanol–water partition coefficient (Wildman–Crippen LogP) is 4.05. The Hall–Kier alpha value is -3.94. The number of hydrogen-bond acceptors (Lipinski definition) is 7. The van der Waals surface area contributed by atoms with Crippen molar-refractivity contribution in [3.05, 3.63) is 56.8 Å². The maximum absolute atomic E-state index is 15.6. The van der Waals surface area contributed by atoms with E-state index in [1.54, 1.807) is 32.3 Å². The Morgan fingerprint density at radius 2 is 2.11 bits per heavy atom. The third-order valence-corrected chi connectivity index (χ3v) is 6.30. The molecule has 1 aliphatic rings. The first-order valence-corrected chi connectivity index (χ1v) is 11.7. The van der Waals surface area contributed by atoms with Crippen LogP contribution in [-0.4, -0.2) is 32.7 Å². The van der Waals surface area contributed by atoms with E-state index in [0.29, 0.717) is 45.6 Å². The molecule has 2 aromatic carbocycles. The topological polar surface area (TPSA) is 132 Å². The highest BCUT2D eigenvalue weighted by Crippen LogP contribution is 2.43. The number of fused-ring (bicyclic) bond motifs is 1. The summed E-state index contributed by atoms with van der Waals surface area (Å²) >= 11 is 6.25. The minimum Gasteiger partial charge on any atom is -0.493 e. The van der Waals surface area contributed by atoms with Crippen molar-refractivity contribution >= 4 is 22.4 Å². The second-order valence-electron chi connectivity index (χ2n) is 8.41. The molecule has 184 valence electrons. The molecule has 36 heavy (non-hydrogen) atoms. The summed E-state index contributed by atoms with van der Waals surface area (Å²) in [6.07, 6.45) is 3.25. The molecule has 4 aromatic rings. The number of nitrogens with two attached hydrogens (primary N) is 1. The van der Waals surface area contributed by atoms with Gasteiger partial charge in [-0.05, 0) is 37.5 Å². The third kappa shape index (κ3) is 3.96. The summed E-state index contributed by atoms with van der Waals surface area (Å²) in [5, 5.41) is 21.5. The lowest BCUT2D eigenvalue weighted by molar-refractivity contribution is 0.302. The Bertz CT molecular complexity index is 1600. The molecule has 2 heterocycles. The highest BCUT2D eigenvalue weighted by molar-refractivity contribution is 6.31. The van der Waals surface area contributed by atoms with Crippen LogP contribution < -0.4 is 20.8 Å². The summed E-state index contributed by atoms with van der Waals surface area (Å²) in [4.78, 5) is 12.6. The molecule has 1 fully saturated rings. The number of nitrogens with one attached hydrogen (secondary N) is 1. The first-order chi connectivity index (χ1) is 17.4. The summed E-state index contributed by atoms with van der Waals surface area (Å²) in [6.45, 7) is 2.18. The third-order valence-electron chi connectivity index (χ3n) is 6.03. The van der Waals surface area contributed by atoms with Crippen LogP contribution in [0.4, 0.5) is 4.39 Å². The van der Waals surface area contributed by atoms with E-state index in [-0.39, 0.29) is 34.5 Å². The lowest BCUT2D eigenvalue weighted by Gasteiger charge is -2.16. The zero-order valence-corrected chi connectivity index (χ0v) is 20.3. The number of benzene rings is 2. The van der Waals surface area contributed by atoms with Gasteiger partial charge in [-0.25, -0.2) is 9.49 Å². The van der Waals surface area contributed by atoms with Gasteiger partial charge in [0.1, 0.15) is 23.1 Å². The van der Waals surface area contributed by atoms with E-state index in [4.69, 9.17) is 26.8 Å². The Kier molecular flexibility index (Phi) is 6.12. The van der Waals surface area contributed by atoms with Crippen molar-refractivity contribution in [3.63, 3.8) is 0 Å². The van der Waals surface area contributed by atoms with Gasteiger partial charge in [0.15, 0.2) is 5.82 Å². The van der Waals surface area contributed by atoms with Gasteiger partial charge in [-0.3, -0.25) is 9.48 Å². The number of hydrogen-bond donors (Lipinski definition) is 2. The van der Waals surface area contributed by atoms with Crippen LogP contribution >= 0.6 is 11.6 Å². The molecule has 2 aromatic heterocycles. The fourth-order valence-electron chi connectivity index (χ4n) is 4.23. The van der Waals surface area contributed by atoms with Gasteiger partial charge in [0.25, 0.3) is 5.56 Å². The molecule has 11 heteroatoms. The molecule has 9 nitrogen and oxygen atoms in total. The van der Waals surface area contributed by atoms with Crippen LogP contribution in [0, 0.1) is 17.1 Å². The number of nitriles is 1. The number of ether oxygens (including phenoxy) is 2. The molecule has 3 N–H and O–H groups in total. The van der Waals surface area contributed by atoms with Gasteiger partial charge in [-0.2, -0.15) is 15.5 Å². The molecule has 1 aliphatic carbocycles. The fraction of sp³-hybridized carbons (Fsp3) is 0.280. The Labute approximate surface area is 210 Å². The molecule has 0 saturated heterocycles. The molecule has 5 rings (SSSR count). The van der Waals surface area contributed by atoms with E-state index in [9.17, 15) is 10.1 Å². The van der Waals surface area contributed by atoms with Crippen LogP contribution in [0.15, 0.2) is 29.2 Å². The standard InChI is InChI=1S/C25H22ClFN6O3/c1-3-35-20-7-12(6-14-18(10-29)31-32-25(34)21(14)20)16-11-30-33(2)24(16)22-15(9-28)19(36-13-4-5-13)8-17(26)23(22)27/h6-8,11,13H,3-5,10,29H2,1-2H3,(H,32,34). The van der Waals surface area contributed by atoms with Crippen LogP contribution in [0.2, 0.25) is 5.02 Å². The van der Waals surface area contributed by atoms with E-state index in [0.717, 1.165) is 12.8 Å². The molecule has 0 amide bonds. The number of aromatic nitrogens is 4. The van der Waals surface area contributed by atoms with Gasteiger partial charge in [-0.1, -0.05) is 11.6 Å². The number of aryl methyl sites for hydroxylation is 1. The predicted molar refractivity (Wildman–Crippen MR) is 132 cm³/mol. The minimum absolute atomic E-state index is 0.0169. The smallest absolute Gasteiger partial charge is 0.275 e.